The third-order valence-corrected chi connectivity index (χ3v) is 4.94. The number of amides is 2. The number of guanidine groups is 1. The molecule has 2 saturated heterocycles. The van der Waals surface area contributed by atoms with Crippen molar-refractivity contribution in [2.75, 3.05) is 19.6 Å². The lowest BCUT2D eigenvalue weighted by molar-refractivity contribution is -0.178. The Bertz CT molecular complexity index is 604. The van der Waals surface area contributed by atoms with Crippen LogP contribution in [0.3, 0.4) is 0 Å². The minimum absolute atomic E-state index is 0.0296. The summed E-state index contributed by atoms with van der Waals surface area (Å²) in [6.07, 6.45) is 1.05. The minimum Gasteiger partial charge on any atom is -0.480 e. The van der Waals surface area contributed by atoms with Gasteiger partial charge in [0.25, 0.3) is 11.8 Å². The molecule has 9 N–H and O–H groups in total. The topological polar surface area (TPSA) is 204 Å². The molecule has 0 spiro atoms. The highest BCUT2D eigenvalue weighted by Gasteiger charge is 2.52. The first kappa shape index (κ1) is 22.0. The molecule has 28 heavy (non-hydrogen) atoms. The molecule has 0 aliphatic carbocycles. The Labute approximate surface area is 162 Å². The van der Waals surface area contributed by atoms with Gasteiger partial charge < -0.3 is 26.8 Å². The Morgan fingerprint density at radius 3 is 1.89 bits per heavy atom. The number of nitrogens with one attached hydrogen (secondary N) is 2. The van der Waals surface area contributed by atoms with Gasteiger partial charge in [0.2, 0.25) is 0 Å². The zero-order chi connectivity index (χ0) is 20.9. The Balaban J connectivity index is 2.31. The maximum absolute atomic E-state index is 13.0. The Morgan fingerprint density at radius 2 is 1.54 bits per heavy atom. The molecule has 2 heterocycles. The van der Waals surface area contributed by atoms with Crippen LogP contribution in [-0.4, -0.2) is 81.1 Å². The lowest BCUT2D eigenvalue weighted by atomic mass is 10.0. The Hall–Kier alpha value is -2.28. The zero-order valence-corrected chi connectivity index (χ0v) is 15.6. The van der Waals surface area contributed by atoms with E-state index in [1.807, 2.05) is 0 Å². The molecule has 3 atom stereocenters. The number of hydrogen-bond acceptors (Lipinski definition) is 8. The SMILES string of the molecule is NC(N)=NCCC[C@@H](C(=O)O)N(C(=O)[C@]1(O)CCCN1)C(=O)[C@]1(O)CCCN1. The molecule has 12 heteroatoms. The third-order valence-electron chi connectivity index (χ3n) is 4.94. The smallest absolute Gasteiger partial charge is 0.326 e. The van der Waals surface area contributed by atoms with E-state index in [9.17, 15) is 29.7 Å². The van der Waals surface area contributed by atoms with Crippen molar-refractivity contribution >= 4 is 23.7 Å². The minimum atomic E-state index is -2.06. The summed E-state index contributed by atoms with van der Waals surface area (Å²) in [6, 6.07) is -1.59. The predicted octanol–water partition coefficient (Wildman–Crippen LogP) is -3.01. The van der Waals surface area contributed by atoms with Crippen molar-refractivity contribution in [3.05, 3.63) is 0 Å². The van der Waals surface area contributed by atoms with Crippen LogP contribution in [0.25, 0.3) is 0 Å². The molecule has 0 aromatic heterocycles. The first-order valence-corrected chi connectivity index (χ1v) is 9.22. The van der Waals surface area contributed by atoms with Crippen molar-refractivity contribution in [2.45, 2.75) is 56.0 Å². The summed E-state index contributed by atoms with van der Waals surface area (Å²) in [4.78, 5) is 42.1. The number of aliphatic imine (C=N–C) groups is 1. The van der Waals surface area contributed by atoms with Crippen LogP contribution in [0.15, 0.2) is 4.99 Å². The number of aliphatic hydroxyl groups is 2. The molecule has 2 amide bonds. The summed E-state index contributed by atoms with van der Waals surface area (Å²) >= 11 is 0. The molecule has 0 saturated carbocycles. The summed E-state index contributed by atoms with van der Waals surface area (Å²) in [5.74, 6) is -3.78. The molecule has 0 radical (unpaired) electrons. The van der Waals surface area contributed by atoms with Crippen molar-refractivity contribution in [1.29, 1.82) is 0 Å². The predicted molar refractivity (Wildman–Crippen MR) is 97.6 cm³/mol. The first-order chi connectivity index (χ1) is 13.1. The van der Waals surface area contributed by atoms with Crippen LogP contribution in [0.5, 0.6) is 0 Å². The van der Waals surface area contributed by atoms with Gasteiger partial charge in [0.1, 0.15) is 6.04 Å². The maximum atomic E-state index is 13.0. The molecule has 0 bridgehead atoms. The van der Waals surface area contributed by atoms with E-state index in [1.54, 1.807) is 0 Å². The second-order valence-electron chi connectivity index (χ2n) is 7.06. The first-order valence-electron chi connectivity index (χ1n) is 9.22. The number of aliphatic carboxylic acids is 1. The van der Waals surface area contributed by atoms with Gasteiger partial charge in [-0.1, -0.05) is 0 Å². The molecule has 158 valence electrons. The number of nitrogens with zero attached hydrogens (tertiary/aromatic N) is 2. The number of hydrogen-bond donors (Lipinski definition) is 7. The second kappa shape index (κ2) is 8.82. The van der Waals surface area contributed by atoms with Crippen molar-refractivity contribution in [3.8, 4) is 0 Å². The van der Waals surface area contributed by atoms with E-state index in [4.69, 9.17) is 11.5 Å². The van der Waals surface area contributed by atoms with Crippen LogP contribution in [-0.2, 0) is 14.4 Å². The Kier molecular flexibility index (Phi) is 6.93. The summed E-state index contributed by atoms with van der Waals surface area (Å²) < 4.78 is 0. The number of rotatable bonds is 8. The maximum Gasteiger partial charge on any atom is 0.326 e. The summed E-state index contributed by atoms with van der Waals surface area (Å²) in [5, 5.41) is 36.0. The molecule has 0 unspecified atom stereocenters. The van der Waals surface area contributed by atoms with E-state index >= 15 is 0 Å². The molecule has 2 aliphatic rings. The van der Waals surface area contributed by atoms with Crippen LogP contribution >= 0.6 is 0 Å². The number of carboxylic acid groups (broad SMARTS) is 1. The van der Waals surface area contributed by atoms with Crippen LogP contribution in [0.4, 0.5) is 0 Å². The van der Waals surface area contributed by atoms with E-state index in [0.717, 1.165) is 0 Å². The van der Waals surface area contributed by atoms with Crippen LogP contribution in [0, 0.1) is 0 Å². The summed E-state index contributed by atoms with van der Waals surface area (Å²) in [5.41, 5.74) is 6.36. The van der Waals surface area contributed by atoms with E-state index in [0.29, 0.717) is 30.8 Å². The van der Waals surface area contributed by atoms with Gasteiger partial charge in [-0.05, 0) is 38.8 Å². The standard InChI is InChI=1S/C16H28N6O6/c17-14(18)19-7-1-4-10(11(23)24)22(12(25)15(27)5-2-8-20-15)13(26)16(28)6-3-9-21-16/h10,20-21,27-28H,1-9H2,(H,23,24)(H4,17,18,19)/t10-,15+,16+/m0/s1. The normalized spacial score (nSPS) is 27.9. The van der Waals surface area contributed by atoms with E-state index in [2.05, 4.69) is 15.6 Å². The van der Waals surface area contributed by atoms with Gasteiger partial charge in [0.15, 0.2) is 17.4 Å². The van der Waals surface area contributed by atoms with Crippen molar-refractivity contribution in [3.63, 3.8) is 0 Å². The highest BCUT2D eigenvalue weighted by molar-refractivity contribution is 6.05. The molecule has 0 aromatic carbocycles. The average molecular weight is 400 g/mol. The highest BCUT2D eigenvalue weighted by Crippen LogP contribution is 2.26. The lowest BCUT2D eigenvalue weighted by Gasteiger charge is -2.37. The van der Waals surface area contributed by atoms with E-state index in [-0.39, 0.29) is 38.2 Å². The van der Waals surface area contributed by atoms with Crippen molar-refractivity contribution < 1.29 is 29.7 Å². The number of imide groups is 1. The van der Waals surface area contributed by atoms with Crippen LogP contribution in [0.2, 0.25) is 0 Å². The Morgan fingerprint density at radius 1 is 1.04 bits per heavy atom. The van der Waals surface area contributed by atoms with Gasteiger partial charge >= 0.3 is 5.97 Å². The fraction of sp³-hybridized carbons (Fsp3) is 0.750. The fourth-order valence-corrected chi connectivity index (χ4v) is 3.45. The van der Waals surface area contributed by atoms with Crippen LogP contribution in [0.1, 0.15) is 38.5 Å². The lowest BCUT2D eigenvalue weighted by Crippen LogP contribution is -2.66. The van der Waals surface area contributed by atoms with E-state index in [1.165, 1.54) is 0 Å². The molecule has 12 nitrogen and oxygen atoms in total. The molecule has 0 aromatic rings. The number of carbonyl (C=O) groups excluding carboxylic acids is 2. The number of carboxylic acids is 1. The van der Waals surface area contributed by atoms with Gasteiger partial charge in [-0.25, -0.2) is 4.79 Å². The van der Waals surface area contributed by atoms with Gasteiger partial charge in [0, 0.05) is 19.4 Å². The van der Waals surface area contributed by atoms with E-state index < -0.39 is 35.3 Å². The molecule has 2 aliphatic heterocycles. The van der Waals surface area contributed by atoms with Gasteiger partial charge in [-0.2, -0.15) is 0 Å². The molecular formula is C16H28N6O6. The molecule has 2 fully saturated rings. The largest absolute Gasteiger partial charge is 0.480 e. The zero-order valence-electron chi connectivity index (χ0n) is 15.6. The highest BCUT2D eigenvalue weighted by atomic mass is 16.4. The molecule has 2 rings (SSSR count). The monoisotopic (exact) mass is 400 g/mol. The summed E-state index contributed by atoms with van der Waals surface area (Å²) in [7, 11) is 0. The van der Waals surface area contributed by atoms with Gasteiger partial charge in [-0.15, -0.1) is 0 Å². The average Bonchev–Trinajstić information content (AvgIpc) is 3.26. The third kappa shape index (κ3) is 4.76. The number of nitrogens with two attached hydrogens (primary N) is 2. The molecular weight excluding hydrogens is 372 g/mol. The van der Waals surface area contributed by atoms with Gasteiger partial charge in [-0.3, -0.25) is 30.1 Å². The van der Waals surface area contributed by atoms with Crippen LogP contribution < -0.4 is 22.1 Å². The number of carbonyl (C=O) groups is 3. The fourth-order valence-electron chi connectivity index (χ4n) is 3.45. The van der Waals surface area contributed by atoms with Gasteiger partial charge in [0.05, 0.1) is 0 Å². The van der Waals surface area contributed by atoms with Crippen molar-refractivity contribution in [2.24, 2.45) is 16.5 Å². The quantitative estimate of drug-likeness (QED) is 0.0951. The van der Waals surface area contributed by atoms with Crippen molar-refractivity contribution in [1.82, 2.24) is 15.5 Å². The summed E-state index contributed by atoms with van der Waals surface area (Å²) in [6.45, 7) is 0.789. The second-order valence-corrected chi connectivity index (χ2v) is 7.06.